The highest BCUT2D eigenvalue weighted by Crippen LogP contribution is 2.31. The molecule has 7 nitrogen and oxygen atoms in total. The van der Waals surface area contributed by atoms with Crippen LogP contribution in [0.1, 0.15) is 17.3 Å². The summed E-state index contributed by atoms with van der Waals surface area (Å²) in [4.78, 5) is 35.4. The number of rotatable bonds is 7. The van der Waals surface area contributed by atoms with Gasteiger partial charge in [0.15, 0.2) is 6.10 Å². The van der Waals surface area contributed by atoms with Crippen molar-refractivity contribution in [1.29, 1.82) is 0 Å². The first-order valence-electron chi connectivity index (χ1n) is 12.2. The lowest BCUT2D eigenvalue weighted by molar-refractivity contribution is -0.123. The second kappa shape index (κ2) is 11.3. The van der Waals surface area contributed by atoms with E-state index in [9.17, 15) is 9.59 Å². The van der Waals surface area contributed by atoms with Crippen LogP contribution >= 0.6 is 11.6 Å². The van der Waals surface area contributed by atoms with Crippen molar-refractivity contribution < 1.29 is 19.1 Å². The van der Waals surface area contributed by atoms with Crippen molar-refractivity contribution in [2.24, 2.45) is 0 Å². The van der Waals surface area contributed by atoms with Crippen LogP contribution in [-0.4, -0.2) is 35.1 Å². The second-order valence-corrected chi connectivity index (χ2v) is 9.15. The summed E-state index contributed by atoms with van der Waals surface area (Å²) in [6.07, 6.45) is -1.06. The Morgan fingerprint density at radius 1 is 0.795 bits per heavy atom. The number of fused-ring (bicyclic) bond motifs is 1. The van der Waals surface area contributed by atoms with E-state index in [0.717, 1.165) is 16.8 Å². The molecule has 1 heterocycles. The zero-order chi connectivity index (χ0) is 27.4. The van der Waals surface area contributed by atoms with Gasteiger partial charge in [-0.25, -0.2) is 14.8 Å². The molecule has 5 rings (SSSR count). The van der Waals surface area contributed by atoms with Gasteiger partial charge in [-0.3, -0.25) is 4.79 Å². The predicted molar refractivity (Wildman–Crippen MR) is 152 cm³/mol. The van der Waals surface area contributed by atoms with Gasteiger partial charge in [-0.05, 0) is 43.3 Å². The summed E-state index contributed by atoms with van der Waals surface area (Å²) in [5.41, 5.74) is 5.17. The molecule has 0 bridgehead atoms. The van der Waals surface area contributed by atoms with Crippen molar-refractivity contribution in [3.05, 3.63) is 108 Å². The summed E-state index contributed by atoms with van der Waals surface area (Å²) in [6.45, 7) is 1.50. The van der Waals surface area contributed by atoms with Gasteiger partial charge < -0.3 is 14.8 Å². The molecule has 0 aliphatic rings. The number of nitrogens with zero attached hydrogens (tertiary/aromatic N) is 2. The molecule has 1 amide bonds. The first-order valence-corrected chi connectivity index (χ1v) is 12.6. The molecule has 39 heavy (non-hydrogen) atoms. The number of halogens is 1. The molecule has 0 saturated heterocycles. The molecular weight excluding hydrogens is 514 g/mol. The van der Waals surface area contributed by atoms with Gasteiger partial charge >= 0.3 is 5.97 Å². The molecule has 1 unspecified atom stereocenters. The van der Waals surface area contributed by atoms with Gasteiger partial charge in [0.1, 0.15) is 5.75 Å². The fraction of sp³-hybridized carbons (Fsp3) is 0.0968. The highest BCUT2D eigenvalue weighted by atomic mass is 35.5. The maximum absolute atomic E-state index is 12.9. The Bertz CT molecular complexity index is 1660. The number of methoxy groups -OCH3 is 1. The standard InChI is InChI=1S/C31H24ClN3O4/c1-19(30(36)33-23-14-16-27(38-2)24(32)18-23)39-31(37)22-13-15-25-26(17-22)35-29(21-11-7-4-8-12-21)28(34-25)20-9-5-3-6-10-20/h3-19H,1-2H3,(H,33,36). The van der Waals surface area contributed by atoms with Crippen molar-refractivity contribution in [3.63, 3.8) is 0 Å². The molecule has 0 spiro atoms. The van der Waals surface area contributed by atoms with E-state index in [1.807, 2.05) is 60.7 Å². The minimum Gasteiger partial charge on any atom is -0.495 e. The summed E-state index contributed by atoms with van der Waals surface area (Å²) in [5.74, 6) is -0.661. The Morgan fingerprint density at radius 3 is 2.00 bits per heavy atom. The summed E-state index contributed by atoms with van der Waals surface area (Å²) in [5, 5.41) is 3.04. The Balaban J connectivity index is 1.39. The van der Waals surface area contributed by atoms with E-state index >= 15 is 0 Å². The molecule has 1 atom stereocenters. The van der Waals surface area contributed by atoms with Crippen LogP contribution in [0.3, 0.4) is 0 Å². The van der Waals surface area contributed by atoms with Crippen molar-refractivity contribution in [2.45, 2.75) is 13.0 Å². The average molecular weight is 538 g/mol. The second-order valence-electron chi connectivity index (χ2n) is 8.74. The van der Waals surface area contributed by atoms with E-state index in [2.05, 4.69) is 5.32 Å². The third-order valence-corrected chi connectivity index (χ3v) is 6.36. The lowest BCUT2D eigenvalue weighted by atomic mass is 10.0. The van der Waals surface area contributed by atoms with E-state index < -0.39 is 18.0 Å². The van der Waals surface area contributed by atoms with Crippen molar-refractivity contribution in [3.8, 4) is 28.3 Å². The van der Waals surface area contributed by atoms with Crippen LogP contribution in [0.2, 0.25) is 5.02 Å². The van der Waals surface area contributed by atoms with E-state index in [0.29, 0.717) is 33.2 Å². The van der Waals surface area contributed by atoms with Crippen molar-refractivity contribution in [2.75, 3.05) is 12.4 Å². The first-order chi connectivity index (χ1) is 18.9. The minimum absolute atomic E-state index is 0.260. The maximum atomic E-state index is 12.9. The number of hydrogen-bond donors (Lipinski definition) is 1. The molecule has 4 aromatic carbocycles. The lowest BCUT2D eigenvalue weighted by Gasteiger charge is -2.15. The number of ether oxygens (including phenoxy) is 2. The van der Waals surface area contributed by atoms with Gasteiger partial charge in [0.2, 0.25) is 0 Å². The summed E-state index contributed by atoms with van der Waals surface area (Å²) in [6, 6.07) is 29.4. The predicted octanol–water partition coefficient (Wildman–Crippen LogP) is 6.81. The Labute approximate surface area is 230 Å². The molecule has 8 heteroatoms. The van der Waals surface area contributed by atoms with Crippen molar-refractivity contribution >= 4 is 40.2 Å². The van der Waals surface area contributed by atoms with Gasteiger partial charge in [0.05, 0.1) is 40.1 Å². The number of nitrogens with one attached hydrogen (secondary N) is 1. The highest BCUT2D eigenvalue weighted by Gasteiger charge is 2.21. The number of carbonyl (C=O) groups excluding carboxylic acids is 2. The molecule has 194 valence electrons. The number of aromatic nitrogens is 2. The molecule has 0 aliphatic heterocycles. The molecule has 0 saturated carbocycles. The van der Waals surface area contributed by atoms with E-state index in [1.54, 1.807) is 36.4 Å². The number of anilines is 1. The zero-order valence-electron chi connectivity index (χ0n) is 21.2. The fourth-order valence-corrected chi connectivity index (χ4v) is 4.30. The van der Waals surface area contributed by atoms with Crippen LogP contribution in [0.25, 0.3) is 33.5 Å². The fourth-order valence-electron chi connectivity index (χ4n) is 4.05. The van der Waals surface area contributed by atoms with E-state index in [4.69, 9.17) is 31.0 Å². The third kappa shape index (κ3) is 5.73. The maximum Gasteiger partial charge on any atom is 0.338 e. The summed E-state index contributed by atoms with van der Waals surface area (Å²) >= 11 is 6.13. The molecular formula is C31H24ClN3O4. The third-order valence-electron chi connectivity index (χ3n) is 6.07. The molecule has 0 fully saturated rings. The Hall–Kier alpha value is -4.75. The smallest absolute Gasteiger partial charge is 0.338 e. The summed E-state index contributed by atoms with van der Waals surface area (Å²) < 4.78 is 10.6. The van der Waals surface area contributed by atoms with Crippen LogP contribution in [-0.2, 0) is 9.53 Å². The topological polar surface area (TPSA) is 90.4 Å². The number of carbonyl (C=O) groups is 2. The molecule has 1 aromatic heterocycles. The minimum atomic E-state index is -1.06. The van der Waals surface area contributed by atoms with Crippen LogP contribution < -0.4 is 10.1 Å². The molecule has 0 aliphatic carbocycles. The first kappa shape index (κ1) is 25.9. The van der Waals surface area contributed by atoms with Gasteiger partial charge in [-0.2, -0.15) is 0 Å². The van der Waals surface area contributed by atoms with Gasteiger partial charge in [-0.1, -0.05) is 72.3 Å². The Kier molecular flexibility index (Phi) is 7.52. The van der Waals surface area contributed by atoms with E-state index in [1.165, 1.54) is 14.0 Å². The Morgan fingerprint density at radius 2 is 1.41 bits per heavy atom. The number of benzene rings is 4. The van der Waals surface area contributed by atoms with Crippen LogP contribution in [0.15, 0.2) is 97.1 Å². The largest absolute Gasteiger partial charge is 0.495 e. The SMILES string of the molecule is COc1ccc(NC(=O)C(C)OC(=O)c2ccc3nc(-c4ccccc4)c(-c4ccccc4)nc3c2)cc1Cl. The normalized spacial score (nSPS) is 11.6. The van der Waals surface area contributed by atoms with E-state index in [-0.39, 0.29) is 5.56 Å². The van der Waals surface area contributed by atoms with Gasteiger partial charge in [0.25, 0.3) is 5.91 Å². The quantitative estimate of drug-likeness (QED) is 0.229. The van der Waals surface area contributed by atoms with Crippen LogP contribution in [0.4, 0.5) is 5.69 Å². The molecule has 1 N–H and O–H groups in total. The zero-order valence-corrected chi connectivity index (χ0v) is 22.0. The highest BCUT2D eigenvalue weighted by molar-refractivity contribution is 6.32. The molecule has 0 radical (unpaired) electrons. The van der Waals surface area contributed by atoms with Gasteiger partial charge in [-0.15, -0.1) is 0 Å². The monoisotopic (exact) mass is 537 g/mol. The van der Waals surface area contributed by atoms with Crippen LogP contribution in [0.5, 0.6) is 5.75 Å². The number of hydrogen-bond acceptors (Lipinski definition) is 6. The van der Waals surface area contributed by atoms with Crippen molar-refractivity contribution in [1.82, 2.24) is 9.97 Å². The van der Waals surface area contributed by atoms with Gasteiger partial charge in [0, 0.05) is 16.8 Å². The van der Waals surface area contributed by atoms with Crippen LogP contribution in [0, 0.1) is 0 Å². The number of esters is 1. The lowest BCUT2D eigenvalue weighted by Crippen LogP contribution is -2.30. The molecule has 5 aromatic rings. The summed E-state index contributed by atoms with van der Waals surface area (Å²) in [7, 11) is 1.50. The average Bonchev–Trinajstić information content (AvgIpc) is 2.97. The number of amides is 1.